The number of hydrogen-bond donors (Lipinski definition) is 1. The van der Waals surface area contributed by atoms with Crippen LogP contribution in [0.25, 0.3) is 5.69 Å². The standard InChI is InChI=1S/C25H18BrCl2FN4O5/c26-12-30-20(35)24(27)11-17-15(19(25(24,28)21(30)36)13-6-7-18(34)16(29)10-13)8-9-31-22(37)32(23(38)33(17)31)14-4-2-1-3-5-14/h1-8,10,17,19,34H,9,11-12H2/t17-,19+,24-,25+/m1/s1. The molecule has 3 aliphatic rings. The van der Waals surface area contributed by atoms with Gasteiger partial charge in [0, 0.05) is 12.3 Å². The Labute approximate surface area is 232 Å². The number of allylic oxidation sites excluding steroid dienone is 2. The summed E-state index contributed by atoms with van der Waals surface area (Å²) in [5, 5.41) is 9.79. The lowest BCUT2D eigenvalue weighted by Crippen LogP contribution is -2.59. The van der Waals surface area contributed by atoms with Gasteiger partial charge < -0.3 is 5.11 Å². The number of carbonyl (C=O) groups is 2. The molecule has 3 heterocycles. The molecular weight excluding hydrogens is 606 g/mol. The minimum Gasteiger partial charge on any atom is -0.505 e. The average Bonchev–Trinajstić information content (AvgIpc) is 3.24. The molecule has 0 bridgehead atoms. The van der Waals surface area contributed by atoms with Crippen molar-refractivity contribution in [1.29, 1.82) is 0 Å². The summed E-state index contributed by atoms with van der Waals surface area (Å²) in [7, 11) is 0. The molecule has 38 heavy (non-hydrogen) atoms. The van der Waals surface area contributed by atoms with Crippen molar-refractivity contribution < 1.29 is 19.1 Å². The number of phenols is 1. The summed E-state index contributed by atoms with van der Waals surface area (Å²) < 4.78 is 18.0. The molecule has 196 valence electrons. The number of benzene rings is 2. The van der Waals surface area contributed by atoms with E-state index in [1.54, 1.807) is 36.4 Å². The number of carbonyl (C=O) groups excluding carboxylic acids is 2. The van der Waals surface area contributed by atoms with Gasteiger partial charge >= 0.3 is 11.4 Å². The highest BCUT2D eigenvalue weighted by atomic mass is 79.9. The van der Waals surface area contributed by atoms with Crippen LogP contribution in [0.2, 0.25) is 0 Å². The molecule has 13 heteroatoms. The van der Waals surface area contributed by atoms with Crippen LogP contribution in [0.5, 0.6) is 5.75 Å². The number of imide groups is 1. The van der Waals surface area contributed by atoms with Crippen LogP contribution in [-0.2, 0) is 16.1 Å². The normalized spacial score (nSPS) is 28.1. The first-order valence-corrected chi connectivity index (χ1v) is 13.4. The Hall–Kier alpha value is -3.15. The second-order valence-electron chi connectivity index (χ2n) is 9.40. The number of fused-ring (bicyclic) bond motifs is 4. The number of halogens is 4. The van der Waals surface area contributed by atoms with Crippen LogP contribution in [0.15, 0.2) is 69.8 Å². The Morgan fingerprint density at radius 1 is 1.03 bits per heavy atom. The number of likely N-dealkylation sites (tertiary alicyclic amines) is 1. The van der Waals surface area contributed by atoms with Crippen LogP contribution in [0, 0.1) is 5.82 Å². The van der Waals surface area contributed by atoms with Gasteiger partial charge in [-0.3, -0.25) is 14.5 Å². The number of hydrogen-bond acceptors (Lipinski definition) is 5. The highest BCUT2D eigenvalue weighted by Gasteiger charge is 2.75. The van der Waals surface area contributed by atoms with E-state index in [1.807, 2.05) is 0 Å². The fourth-order valence-electron chi connectivity index (χ4n) is 5.89. The molecule has 1 saturated carbocycles. The molecule has 0 radical (unpaired) electrons. The number of alkyl halides is 3. The summed E-state index contributed by atoms with van der Waals surface area (Å²) in [4.78, 5) is 51.0. The van der Waals surface area contributed by atoms with Crippen LogP contribution in [0.3, 0.4) is 0 Å². The van der Waals surface area contributed by atoms with E-state index >= 15 is 0 Å². The highest BCUT2D eigenvalue weighted by molar-refractivity contribution is 9.09. The van der Waals surface area contributed by atoms with Crippen molar-refractivity contribution in [2.45, 2.75) is 34.7 Å². The molecule has 4 atom stereocenters. The molecule has 2 aromatic carbocycles. The maximum absolute atomic E-state index is 14.6. The summed E-state index contributed by atoms with van der Waals surface area (Å²) in [5.41, 5.74) is -0.458. The maximum Gasteiger partial charge on any atom is 0.352 e. The predicted octanol–water partition coefficient (Wildman–Crippen LogP) is 2.99. The van der Waals surface area contributed by atoms with Gasteiger partial charge in [-0.25, -0.2) is 27.9 Å². The molecule has 2 aliphatic heterocycles. The Morgan fingerprint density at radius 3 is 2.39 bits per heavy atom. The lowest BCUT2D eigenvalue weighted by Gasteiger charge is -2.49. The number of amides is 2. The summed E-state index contributed by atoms with van der Waals surface area (Å²) in [6, 6.07) is 10.9. The first kappa shape index (κ1) is 25.1. The number of para-hydroxylation sites is 1. The minimum atomic E-state index is -2.07. The SMILES string of the molecule is O=C1N(CBr)C(=O)[C@@]2(Cl)[C@@H](c3ccc(O)c(F)c3)C3=CCn4c(=O)n(-c5ccccc5)c(=O)n4[C@@H]3C[C@@]12Cl. The molecule has 1 N–H and O–H groups in total. The monoisotopic (exact) mass is 622 g/mol. The summed E-state index contributed by atoms with van der Waals surface area (Å²) >= 11 is 17.2. The third kappa shape index (κ3) is 3.03. The minimum absolute atomic E-state index is 0.0383. The summed E-state index contributed by atoms with van der Waals surface area (Å²) in [6.07, 6.45) is 1.39. The van der Waals surface area contributed by atoms with Crippen molar-refractivity contribution in [2.75, 3.05) is 5.45 Å². The van der Waals surface area contributed by atoms with Gasteiger partial charge in [0.05, 0.1) is 23.7 Å². The van der Waals surface area contributed by atoms with Gasteiger partial charge in [0.25, 0.3) is 11.8 Å². The Bertz CT molecular complexity index is 1680. The van der Waals surface area contributed by atoms with Crippen molar-refractivity contribution >= 4 is 50.9 Å². The first-order valence-electron chi connectivity index (χ1n) is 11.5. The van der Waals surface area contributed by atoms with Crippen LogP contribution < -0.4 is 11.4 Å². The van der Waals surface area contributed by atoms with Crippen LogP contribution >= 0.6 is 39.1 Å². The van der Waals surface area contributed by atoms with Gasteiger partial charge in [-0.1, -0.05) is 46.3 Å². The van der Waals surface area contributed by atoms with E-state index in [4.69, 9.17) is 23.2 Å². The molecule has 3 aromatic rings. The quantitative estimate of drug-likeness (QED) is 0.209. The van der Waals surface area contributed by atoms with E-state index in [1.165, 1.54) is 15.4 Å². The Kier molecular flexibility index (Phi) is 5.57. The highest BCUT2D eigenvalue weighted by Crippen LogP contribution is 2.63. The van der Waals surface area contributed by atoms with Crippen LogP contribution in [0.1, 0.15) is 23.9 Å². The molecule has 0 unspecified atom stereocenters. The lowest BCUT2D eigenvalue weighted by molar-refractivity contribution is -0.138. The molecule has 1 aliphatic carbocycles. The Morgan fingerprint density at radius 2 is 1.74 bits per heavy atom. The molecule has 9 nitrogen and oxygen atoms in total. The van der Waals surface area contributed by atoms with Gasteiger partial charge in [-0.15, -0.1) is 23.2 Å². The lowest BCUT2D eigenvalue weighted by atomic mass is 9.64. The van der Waals surface area contributed by atoms with E-state index in [0.717, 1.165) is 21.6 Å². The van der Waals surface area contributed by atoms with E-state index in [9.17, 15) is 28.7 Å². The molecule has 1 aromatic heterocycles. The Balaban J connectivity index is 1.62. The molecular formula is C25H18BrCl2FN4O5. The maximum atomic E-state index is 14.6. The fraction of sp³-hybridized carbons (Fsp3) is 0.280. The predicted molar refractivity (Wildman–Crippen MR) is 140 cm³/mol. The van der Waals surface area contributed by atoms with E-state index in [2.05, 4.69) is 15.9 Å². The van der Waals surface area contributed by atoms with Gasteiger partial charge in [-0.2, -0.15) is 0 Å². The second-order valence-corrected chi connectivity index (χ2v) is 11.1. The number of aromatic hydroxyl groups is 1. The van der Waals surface area contributed by atoms with Crippen LogP contribution in [-0.4, -0.2) is 51.0 Å². The van der Waals surface area contributed by atoms with Crippen molar-refractivity contribution in [3.05, 3.63) is 92.5 Å². The third-order valence-electron chi connectivity index (χ3n) is 7.60. The zero-order valence-electron chi connectivity index (χ0n) is 19.4. The molecule has 1 saturated heterocycles. The number of aromatic nitrogens is 3. The molecule has 2 fully saturated rings. The summed E-state index contributed by atoms with van der Waals surface area (Å²) in [5.74, 6) is -4.27. The molecule has 0 spiro atoms. The van der Waals surface area contributed by atoms with Gasteiger partial charge in [-0.05, 0) is 35.4 Å². The third-order valence-corrected chi connectivity index (χ3v) is 9.52. The summed E-state index contributed by atoms with van der Waals surface area (Å²) in [6.45, 7) is -0.0383. The van der Waals surface area contributed by atoms with E-state index in [-0.39, 0.29) is 24.0 Å². The van der Waals surface area contributed by atoms with Crippen LogP contribution in [0.4, 0.5) is 4.39 Å². The largest absolute Gasteiger partial charge is 0.505 e. The van der Waals surface area contributed by atoms with Gasteiger partial charge in [0.2, 0.25) is 0 Å². The topological polar surface area (TPSA) is 107 Å². The smallest absolute Gasteiger partial charge is 0.352 e. The first-order chi connectivity index (χ1) is 18.1. The molecule has 2 amide bonds. The van der Waals surface area contributed by atoms with Gasteiger partial charge in [0.15, 0.2) is 21.3 Å². The zero-order chi connectivity index (χ0) is 27.1. The van der Waals surface area contributed by atoms with E-state index < -0.39 is 56.5 Å². The fourth-order valence-corrected chi connectivity index (χ4v) is 7.30. The van der Waals surface area contributed by atoms with Gasteiger partial charge in [0.1, 0.15) is 0 Å². The zero-order valence-corrected chi connectivity index (χ0v) is 22.5. The number of nitrogens with zero attached hydrogens (tertiary/aromatic N) is 4. The number of rotatable bonds is 3. The number of phenolic OH excluding ortho intramolecular Hbond substituents is 1. The van der Waals surface area contributed by atoms with Crippen molar-refractivity contribution in [2.24, 2.45) is 0 Å². The average molecular weight is 624 g/mol. The van der Waals surface area contributed by atoms with E-state index in [0.29, 0.717) is 11.3 Å². The van der Waals surface area contributed by atoms with Crippen molar-refractivity contribution in [3.63, 3.8) is 0 Å². The van der Waals surface area contributed by atoms with Crippen molar-refractivity contribution in [1.82, 2.24) is 18.8 Å². The molecule has 6 rings (SSSR count). The second kappa shape index (κ2) is 8.42. The van der Waals surface area contributed by atoms with Crippen molar-refractivity contribution in [3.8, 4) is 11.4 Å².